The topological polar surface area (TPSA) is 63.7 Å². The average molecular weight is 457 g/mol. The lowest BCUT2D eigenvalue weighted by molar-refractivity contribution is -0.120. The van der Waals surface area contributed by atoms with E-state index in [2.05, 4.69) is 0 Å². The van der Waals surface area contributed by atoms with Gasteiger partial charge in [-0.15, -0.1) is 0 Å². The molecule has 3 rings (SSSR count). The standard InChI is InChI=1S/C18H17FINO4/c1-9(2)25-18(24)12-7-15(13(19)8-14(12)20)21-16(22)10-5-3-4-6-11(10)17(21)23/h7-9H,3-6H2,1-2H3. The lowest BCUT2D eigenvalue weighted by Gasteiger charge is -2.18. The number of hydrogen-bond acceptors (Lipinski definition) is 4. The Hall–Kier alpha value is -1.77. The number of carbonyl (C=O) groups is 3. The maximum atomic E-state index is 14.5. The van der Waals surface area contributed by atoms with Crippen LogP contribution in [0.5, 0.6) is 0 Å². The Morgan fingerprint density at radius 1 is 1.16 bits per heavy atom. The molecule has 0 saturated heterocycles. The monoisotopic (exact) mass is 457 g/mol. The van der Waals surface area contributed by atoms with Gasteiger partial charge in [0.05, 0.1) is 17.4 Å². The highest BCUT2D eigenvalue weighted by Crippen LogP contribution is 2.37. The van der Waals surface area contributed by atoms with Crippen LogP contribution >= 0.6 is 22.6 Å². The highest BCUT2D eigenvalue weighted by atomic mass is 127. The average Bonchev–Trinajstić information content (AvgIpc) is 2.79. The molecule has 5 nitrogen and oxygen atoms in total. The van der Waals surface area contributed by atoms with E-state index < -0.39 is 23.6 Å². The highest BCUT2D eigenvalue weighted by Gasteiger charge is 2.41. The minimum atomic E-state index is -0.716. The van der Waals surface area contributed by atoms with E-state index in [0.717, 1.165) is 23.8 Å². The number of ether oxygens (including phenoxy) is 1. The molecular formula is C18H17FINO4. The number of amides is 2. The van der Waals surface area contributed by atoms with Crippen molar-refractivity contribution in [3.63, 3.8) is 0 Å². The fourth-order valence-corrected chi connectivity index (χ4v) is 3.75. The summed E-state index contributed by atoms with van der Waals surface area (Å²) in [6.07, 6.45) is 2.41. The van der Waals surface area contributed by atoms with Crippen molar-refractivity contribution in [2.45, 2.75) is 45.6 Å². The molecule has 0 bridgehead atoms. The molecular weight excluding hydrogens is 440 g/mol. The predicted molar refractivity (Wildman–Crippen MR) is 97.7 cm³/mol. The summed E-state index contributed by atoms with van der Waals surface area (Å²) in [5, 5.41) is 0. The van der Waals surface area contributed by atoms with Crippen LogP contribution in [0.2, 0.25) is 0 Å². The van der Waals surface area contributed by atoms with Crippen LogP contribution in [0.3, 0.4) is 0 Å². The van der Waals surface area contributed by atoms with Gasteiger partial charge in [0.15, 0.2) is 0 Å². The van der Waals surface area contributed by atoms with Crippen molar-refractivity contribution in [3.8, 4) is 0 Å². The van der Waals surface area contributed by atoms with Crippen molar-refractivity contribution in [2.24, 2.45) is 0 Å². The Balaban J connectivity index is 2.02. The molecule has 1 aromatic rings. The van der Waals surface area contributed by atoms with Gasteiger partial charge in [-0.2, -0.15) is 0 Å². The first-order chi connectivity index (χ1) is 11.8. The first-order valence-electron chi connectivity index (χ1n) is 8.12. The zero-order chi connectivity index (χ0) is 18.3. The van der Waals surface area contributed by atoms with Crippen molar-refractivity contribution in [1.82, 2.24) is 0 Å². The number of anilines is 1. The third-order valence-corrected chi connectivity index (χ3v) is 5.12. The van der Waals surface area contributed by atoms with E-state index >= 15 is 0 Å². The molecule has 0 aromatic heterocycles. The van der Waals surface area contributed by atoms with Crippen molar-refractivity contribution in [2.75, 3.05) is 4.90 Å². The minimum Gasteiger partial charge on any atom is -0.459 e. The van der Waals surface area contributed by atoms with Gasteiger partial charge in [-0.3, -0.25) is 9.59 Å². The molecule has 0 saturated carbocycles. The molecule has 0 radical (unpaired) electrons. The number of rotatable bonds is 3. The smallest absolute Gasteiger partial charge is 0.339 e. The van der Waals surface area contributed by atoms with Crippen LogP contribution in [0.1, 0.15) is 49.9 Å². The van der Waals surface area contributed by atoms with Gasteiger partial charge in [0, 0.05) is 14.7 Å². The lowest BCUT2D eigenvalue weighted by Crippen LogP contribution is -2.32. The molecule has 1 aliphatic heterocycles. The Bertz CT molecular complexity index is 788. The summed E-state index contributed by atoms with van der Waals surface area (Å²) in [5.41, 5.74) is 0.887. The van der Waals surface area contributed by atoms with Crippen molar-refractivity contribution in [1.29, 1.82) is 0 Å². The quantitative estimate of drug-likeness (QED) is 0.394. The summed E-state index contributed by atoms with van der Waals surface area (Å²) in [4.78, 5) is 38.3. The second-order valence-electron chi connectivity index (χ2n) is 6.35. The molecule has 1 aliphatic carbocycles. The van der Waals surface area contributed by atoms with Gasteiger partial charge in [0.25, 0.3) is 11.8 Å². The molecule has 2 aliphatic rings. The molecule has 0 N–H and O–H groups in total. The normalized spacial score (nSPS) is 17.4. The van der Waals surface area contributed by atoms with Crippen LogP contribution in [-0.4, -0.2) is 23.9 Å². The van der Waals surface area contributed by atoms with Gasteiger partial charge in [-0.25, -0.2) is 14.1 Å². The molecule has 1 aromatic carbocycles. The highest BCUT2D eigenvalue weighted by molar-refractivity contribution is 14.1. The number of benzene rings is 1. The Labute approximate surface area is 158 Å². The van der Waals surface area contributed by atoms with Gasteiger partial charge in [-0.05, 0) is 74.3 Å². The number of imide groups is 1. The second kappa shape index (κ2) is 6.86. The molecule has 25 heavy (non-hydrogen) atoms. The minimum absolute atomic E-state index is 0.135. The van der Waals surface area contributed by atoms with E-state index in [0.29, 0.717) is 27.6 Å². The SMILES string of the molecule is CC(C)OC(=O)c1cc(N2C(=O)C3=C(CCCC3)C2=O)c(F)cc1I. The Morgan fingerprint density at radius 3 is 2.24 bits per heavy atom. The van der Waals surface area contributed by atoms with Gasteiger partial charge in [0.2, 0.25) is 0 Å². The fourth-order valence-electron chi connectivity index (χ4n) is 3.10. The largest absolute Gasteiger partial charge is 0.459 e. The van der Waals surface area contributed by atoms with Crippen LogP contribution < -0.4 is 4.90 Å². The predicted octanol–water partition coefficient (Wildman–Crippen LogP) is 3.74. The van der Waals surface area contributed by atoms with Crippen LogP contribution in [0.4, 0.5) is 10.1 Å². The Morgan fingerprint density at radius 2 is 1.72 bits per heavy atom. The summed E-state index contributed by atoms with van der Waals surface area (Å²) in [7, 11) is 0. The summed E-state index contributed by atoms with van der Waals surface area (Å²) in [5.74, 6) is -2.30. The van der Waals surface area contributed by atoms with Crippen LogP contribution in [0.25, 0.3) is 0 Å². The van der Waals surface area contributed by atoms with E-state index in [1.54, 1.807) is 13.8 Å². The maximum Gasteiger partial charge on any atom is 0.339 e. The van der Waals surface area contributed by atoms with E-state index in [-0.39, 0.29) is 17.4 Å². The van der Waals surface area contributed by atoms with E-state index in [9.17, 15) is 18.8 Å². The third-order valence-electron chi connectivity index (χ3n) is 4.23. The van der Waals surface area contributed by atoms with Gasteiger partial charge >= 0.3 is 5.97 Å². The summed E-state index contributed by atoms with van der Waals surface area (Å²) < 4.78 is 20.0. The number of carbonyl (C=O) groups excluding carboxylic acids is 3. The first-order valence-corrected chi connectivity index (χ1v) is 9.20. The van der Waals surface area contributed by atoms with Gasteiger partial charge < -0.3 is 4.74 Å². The first kappa shape index (κ1) is 18.0. The van der Waals surface area contributed by atoms with Crippen molar-refractivity contribution < 1.29 is 23.5 Å². The second-order valence-corrected chi connectivity index (χ2v) is 7.51. The number of hydrogen-bond donors (Lipinski definition) is 0. The molecule has 132 valence electrons. The molecule has 2 amide bonds. The summed E-state index contributed by atoms with van der Waals surface area (Å²) in [6, 6.07) is 2.38. The van der Waals surface area contributed by atoms with Gasteiger partial charge in [0.1, 0.15) is 5.82 Å². The summed E-state index contributed by atoms with van der Waals surface area (Å²) >= 11 is 1.83. The molecule has 0 fully saturated rings. The number of esters is 1. The van der Waals surface area contributed by atoms with Crippen LogP contribution in [-0.2, 0) is 14.3 Å². The molecule has 1 heterocycles. The maximum absolute atomic E-state index is 14.5. The molecule has 0 unspecified atom stereocenters. The van der Waals surface area contributed by atoms with Crippen molar-refractivity contribution >= 4 is 46.1 Å². The Kier molecular flexibility index (Phi) is 4.95. The van der Waals surface area contributed by atoms with Gasteiger partial charge in [-0.1, -0.05) is 0 Å². The van der Waals surface area contributed by atoms with Crippen LogP contribution in [0.15, 0.2) is 23.3 Å². The fraction of sp³-hybridized carbons (Fsp3) is 0.389. The molecule has 0 atom stereocenters. The molecule has 7 heteroatoms. The molecule has 0 spiro atoms. The van der Waals surface area contributed by atoms with Crippen LogP contribution in [0, 0.1) is 9.39 Å². The van der Waals surface area contributed by atoms with E-state index in [4.69, 9.17) is 4.74 Å². The lowest BCUT2D eigenvalue weighted by atomic mass is 9.93. The third kappa shape index (κ3) is 3.21. The van der Waals surface area contributed by atoms with E-state index in [1.165, 1.54) is 6.07 Å². The summed E-state index contributed by atoms with van der Waals surface area (Å²) in [6.45, 7) is 3.42. The zero-order valence-corrected chi connectivity index (χ0v) is 16.1. The zero-order valence-electron chi connectivity index (χ0n) is 13.9. The van der Waals surface area contributed by atoms with E-state index in [1.807, 2.05) is 22.6 Å². The number of halogens is 2. The number of nitrogens with zero attached hydrogens (tertiary/aromatic N) is 1. The van der Waals surface area contributed by atoms with Crippen molar-refractivity contribution in [3.05, 3.63) is 38.2 Å².